The van der Waals surface area contributed by atoms with E-state index in [9.17, 15) is 13.2 Å². The molecule has 0 unspecified atom stereocenters. The monoisotopic (exact) mass is 339 g/mol. The van der Waals surface area contributed by atoms with E-state index in [2.05, 4.69) is 10.2 Å². The van der Waals surface area contributed by atoms with Gasteiger partial charge in [0, 0.05) is 26.2 Å². The van der Waals surface area contributed by atoms with E-state index in [1.54, 1.807) is 12.1 Å². The first-order chi connectivity index (χ1) is 10.9. The highest BCUT2D eigenvalue weighted by atomic mass is 32.2. The first kappa shape index (κ1) is 17.9. The first-order valence-corrected chi connectivity index (χ1v) is 9.38. The van der Waals surface area contributed by atoms with Crippen molar-refractivity contribution in [1.82, 2.24) is 14.5 Å². The lowest BCUT2D eigenvalue weighted by atomic mass is 10.2. The van der Waals surface area contributed by atoms with Gasteiger partial charge in [-0.1, -0.05) is 0 Å². The Morgan fingerprint density at radius 1 is 1.17 bits per heavy atom. The Morgan fingerprint density at radius 2 is 1.78 bits per heavy atom. The topological polar surface area (TPSA) is 69.7 Å². The fourth-order valence-corrected chi connectivity index (χ4v) is 3.50. The number of carbonyl (C=O) groups is 1. The van der Waals surface area contributed by atoms with Gasteiger partial charge in [-0.2, -0.15) is 0 Å². The molecule has 0 aliphatic carbocycles. The van der Waals surface area contributed by atoms with Gasteiger partial charge in [0.25, 0.3) is 5.91 Å². The molecular weight excluding hydrogens is 314 g/mol. The van der Waals surface area contributed by atoms with Crippen LogP contribution in [0.25, 0.3) is 0 Å². The fraction of sp³-hybridized carbons (Fsp3) is 0.562. The van der Waals surface area contributed by atoms with E-state index in [4.69, 9.17) is 0 Å². The highest BCUT2D eigenvalue weighted by Gasteiger charge is 2.17. The van der Waals surface area contributed by atoms with E-state index in [-0.39, 0.29) is 10.8 Å². The summed E-state index contributed by atoms with van der Waals surface area (Å²) in [5.41, 5.74) is 0.476. The molecule has 1 fully saturated rings. The Labute approximate surface area is 138 Å². The van der Waals surface area contributed by atoms with Crippen molar-refractivity contribution in [2.24, 2.45) is 0 Å². The van der Waals surface area contributed by atoms with Crippen LogP contribution in [-0.4, -0.2) is 63.8 Å². The highest BCUT2D eigenvalue weighted by molar-refractivity contribution is 7.89. The van der Waals surface area contributed by atoms with Crippen molar-refractivity contribution in [1.29, 1.82) is 0 Å². The number of benzene rings is 1. The maximum Gasteiger partial charge on any atom is 0.251 e. The van der Waals surface area contributed by atoms with Crippen molar-refractivity contribution in [2.45, 2.75) is 24.2 Å². The Bertz CT molecular complexity index is 620. The molecular formula is C16H25N3O3S. The van der Waals surface area contributed by atoms with E-state index in [0.29, 0.717) is 12.1 Å². The molecule has 0 radical (unpaired) electrons. The number of nitrogens with one attached hydrogen (secondary N) is 1. The smallest absolute Gasteiger partial charge is 0.251 e. The first-order valence-electron chi connectivity index (χ1n) is 7.94. The average Bonchev–Trinajstić information content (AvgIpc) is 3.04. The molecule has 1 amide bonds. The zero-order valence-electron chi connectivity index (χ0n) is 13.8. The fourth-order valence-electron chi connectivity index (χ4n) is 2.60. The summed E-state index contributed by atoms with van der Waals surface area (Å²) < 4.78 is 25.1. The standard InChI is InChI=1S/C16H25N3O3S/c1-18(2)23(21,22)15-8-6-14(7-9-15)16(20)17-10-5-13-19-11-3-4-12-19/h6-9H,3-5,10-13H2,1-2H3,(H,17,20). The molecule has 1 saturated heterocycles. The summed E-state index contributed by atoms with van der Waals surface area (Å²) in [6, 6.07) is 6.03. The summed E-state index contributed by atoms with van der Waals surface area (Å²) in [6.07, 6.45) is 3.47. The maximum absolute atomic E-state index is 12.1. The van der Waals surface area contributed by atoms with E-state index >= 15 is 0 Å². The molecule has 2 rings (SSSR count). The van der Waals surface area contributed by atoms with Gasteiger partial charge >= 0.3 is 0 Å². The van der Waals surface area contributed by atoms with E-state index in [1.165, 1.54) is 39.1 Å². The van der Waals surface area contributed by atoms with Gasteiger partial charge in [0.2, 0.25) is 10.0 Å². The molecule has 0 atom stereocenters. The predicted octanol–water partition coefficient (Wildman–Crippen LogP) is 1.15. The largest absolute Gasteiger partial charge is 0.352 e. The number of nitrogens with zero attached hydrogens (tertiary/aromatic N) is 2. The van der Waals surface area contributed by atoms with Crippen molar-refractivity contribution in [3.63, 3.8) is 0 Å². The van der Waals surface area contributed by atoms with E-state index in [0.717, 1.165) is 30.4 Å². The third-order valence-electron chi connectivity index (χ3n) is 4.03. The molecule has 1 aromatic rings. The number of rotatable bonds is 7. The quantitative estimate of drug-likeness (QED) is 0.757. The second kappa shape index (κ2) is 7.90. The van der Waals surface area contributed by atoms with Gasteiger partial charge in [-0.3, -0.25) is 4.79 Å². The lowest BCUT2D eigenvalue weighted by molar-refractivity contribution is 0.0952. The molecule has 1 aliphatic heterocycles. The zero-order valence-corrected chi connectivity index (χ0v) is 14.6. The summed E-state index contributed by atoms with van der Waals surface area (Å²) >= 11 is 0. The second-order valence-corrected chi connectivity index (χ2v) is 8.12. The number of hydrogen-bond acceptors (Lipinski definition) is 4. The molecule has 0 spiro atoms. The number of sulfonamides is 1. The Hall–Kier alpha value is -1.44. The summed E-state index contributed by atoms with van der Waals surface area (Å²) in [6.45, 7) is 3.97. The van der Waals surface area contributed by atoms with Crippen LogP contribution in [0.1, 0.15) is 29.6 Å². The summed E-state index contributed by atoms with van der Waals surface area (Å²) in [5, 5.41) is 2.88. The van der Waals surface area contributed by atoms with Crippen LogP contribution in [-0.2, 0) is 10.0 Å². The molecule has 1 N–H and O–H groups in total. The van der Waals surface area contributed by atoms with E-state index < -0.39 is 10.0 Å². The van der Waals surface area contributed by atoms with Crippen LogP contribution < -0.4 is 5.32 Å². The Morgan fingerprint density at radius 3 is 2.35 bits per heavy atom. The molecule has 6 nitrogen and oxygen atoms in total. The molecule has 1 heterocycles. The van der Waals surface area contributed by atoms with Crippen LogP contribution in [0.3, 0.4) is 0 Å². The van der Waals surface area contributed by atoms with E-state index in [1.807, 2.05) is 0 Å². The highest BCUT2D eigenvalue weighted by Crippen LogP contribution is 2.14. The van der Waals surface area contributed by atoms with Crippen LogP contribution in [0.2, 0.25) is 0 Å². The van der Waals surface area contributed by atoms with Crippen molar-refractivity contribution < 1.29 is 13.2 Å². The van der Waals surface area contributed by atoms with Gasteiger partial charge in [0.05, 0.1) is 4.90 Å². The SMILES string of the molecule is CN(C)S(=O)(=O)c1ccc(C(=O)NCCCN2CCCC2)cc1. The van der Waals surface area contributed by atoms with Gasteiger partial charge in [-0.25, -0.2) is 12.7 Å². The summed E-state index contributed by atoms with van der Waals surface area (Å²) in [7, 11) is -0.489. The van der Waals surface area contributed by atoms with Gasteiger partial charge in [0.1, 0.15) is 0 Å². The minimum atomic E-state index is -3.45. The third-order valence-corrected chi connectivity index (χ3v) is 5.86. The van der Waals surface area contributed by atoms with Gasteiger partial charge in [0.15, 0.2) is 0 Å². The molecule has 0 saturated carbocycles. The molecule has 0 aromatic heterocycles. The Kier molecular flexibility index (Phi) is 6.15. The van der Waals surface area contributed by atoms with Crippen LogP contribution in [0.15, 0.2) is 29.2 Å². The van der Waals surface area contributed by atoms with Crippen molar-refractivity contribution >= 4 is 15.9 Å². The van der Waals surface area contributed by atoms with Crippen LogP contribution in [0, 0.1) is 0 Å². The molecule has 128 valence electrons. The van der Waals surface area contributed by atoms with Crippen molar-refractivity contribution in [2.75, 3.05) is 40.3 Å². The summed E-state index contributed by atoms with van der Waals surface area (Å²) in [5.74, 6) is -0.166. The predicted molar refractivity (Wildman–Crippen MR) is 89.9 cm³/mol. The molecule has 1 aliphatic rings. The Balaban J connectivity index is 1.83. The molecule has 1 aromatic carbocycles. The minimum Gasteiger partial charge on any atom is -0.352 e. The minimum absolute atomic E-state index is 0.166. The molecule has 0 bridgehead atoms. The van der Waals surface area contributed by atoms with Crippen molar-refractivity contribution in [3.8, 4) is 0 Å². The zero-order chi connectivity index (χ0) is 16.9. The second-order valence-electron chi connectivity index (χ2n) is 5.97. The third kappa shape index (κ3) is 4.76. The number of carbonyl (C=O) groups excluding carboxylic acids is 1. The lowest BCUT2D eigenvalue weighted by Gasteiger charge is -2.14. The van der Waals surface area contributed by atoms with Crippen molar-refractivity contribution in [3.05, 3.63) is 29.8 Å². The van der Waals surface area contributed by atoms with Crippen LogP contribution in [0.4, 0.5) is 0 Å². The lowest BCUT2D eigenvalue weighted by Crippen LogP contribution is -2.28. The maximum atomic E-state index is 12.1. The normalized spacial score (nSPS) is 16.0. The van der Waals surface area contributed by atoms with Gasteiger partial charge in [-0.15, -0.1) is 0 Å². The summed E-state index contributed by atoms with van der Waals surface area (Å²) in [4.78, 5) is 14.6. The number of hydrogen-bond donors (Lipinski definition) is 1. The van der Waals surface area contributed by atoms with Crippen LogP contribution in [0.5, 0.6) is 0 Å². The molecule has 7 heteroatoms. The molecule has 23 heavy (non-hydrogen) atoms. The van der Waals surface area contributed by atoms with Gasteiger partial charge < -0.3 is 10.2 Å². The number of amides is 1. The van der Waals surface area contributed by atoms with Crippen LogP contribution >= 0.6 is 0 Å². The average molecular weight is 339 g/mol. The van der Waals surface area contributed by atoms with Gasteiger partial charge in [-0.05, 0) is 63.2 Å². The number of likely N-dealkylation sites (tertiary alicyclic amines) is 1.